The van der Waals surface area contributed by atoms with Gasteiger partial charge in [0.15, 0.2) is 5.78 Å². The average molecular weight is 324 g/mol. The summed E-state index contributed by atoms with van der Waals surface area (Å²) < 4.78 is 27.1. The van der Waals surface area contributed by atoms with Crippen molar-refractivity contribution in [2.24, 2.45) is 0 Å². The summed E-state index contributed by atoms with van der Waals surface area (Å²) in [4.78, 5) is 11.6. The van der Waals surface area contributed by atoms with Gasteiger partial charge in [0, 0.05) is 10.6 Å². The van der Waals surface area contributed by atoms with Crippen molar-refractivity contribution in [1.29, 1.82) is 0 Å². The number of hydrogen-bond acceptors (Lipinski definition) is 3. The summed E-state index contributed by atoms with van der Waals surface area (Å²) >= 11 is 5.96. The van der Waals surface area contributed by atoms with Crippen LogP contribution in [-0.2, 0) is 10.0 Å². The van der Waals surface area contributed by atoms with Crippen molar-refractivity contribution < 1.29 is 13.2 Å². The average Bonchev–Trinajstić information content (AvgIpc) is 2.41. The van der Waals surface area contributed by atoms with Crippen LogP contribution in [0.5, 0.6) is 0 Å². The van der Waals surface area contributed by atoms with E-state index in [4.69, 9.17) is 11.6 Å². The highest BCUT2D eigenvalue weighted by Crippen LogP contribution is 2.24. The van der Waals surface area contributed by atoms with Gasteiger partial charge in [-0.15, -0.1) is 0 Å². The number of rotatable bonds is 4. The molecule has 0 aliphatic carbocycles. The quantitative estimate of drug-likeness (QED) is 0.873. The van der Waals surface area contributed by atoms with Crippen LogP contribution in [0.2, 0.25) is 5.02 Å². The van der Waals surface area contributed by atoms with Crippen LogP contribution in [0.25, 0.3) is 0 Å². The van der Waals surface area contributed by atoms with Gasteiger partial charge in [-0.25, -0.2) is 8.42 Å². The van der Waals surface area contributed by atoms with Gasteiger partial charge in [-0.2, -0.15) is 0 Å². The Bertz CT molecular complexity index is 800. The zero-order chi connectivity index (χ0) is 15.6. The second-order valence-electron chi connectivity index (χ2n) is 4.62. The fraction of sp³-hybridized carbons (Fsp3) is 0.133. The van der Waals surface area contributed by atoms with Crippen LogP contribution < -0.4 is 4.72 Å². The maximum Gasteiger partial charge on any atom is 0.261 e. The van der Waals surface area contributed by atoms with Crippen molar-refractivity contribution in [3.63, 3.8) is 0 Å². The molecule has 0 fully saturated rings. The van der Waals surface area contributed by atoms with Gasteiger partial charge in [0.2, 0.25) is 0 Å². The molecular formula is C15H14ClNO3S. The maximum absolute atomic E-state index is 12.4. The number of hydrogen-bond donors (Lipinski definition) is 1. The molecule has 0 radical (unpaired) electrons. The summed E-state index contributed by atoms with van der Waals surface area (Å²) in [7, 11) is -3.80. The Kier molecular flexibility index (Phi) is 4.34. The molecule has 0 spiro atoms. The molecule has 6 heteroatoms. The Labute approximate surface area is 128 Å². The van der Waals surface area contributed by atoms with Gasteiger partial charge in [-0.1, -0.05) is 29.8 Å². The van der Waals surface area contributed by atoms with E-state index in [1.807, 2.05) is 0 Å². The number of benzene rings is 2. The Balaban J connectivity index is 2.42. The van der Waals surface area contributed by atoms with Crippen LogP contribution in [0.1, 0.15) is 22.8 Å². The van der Waals surface area contributed by atoms with Crippen molar-refractivity contribution in [2.75, 3.05) is 4.72 Å². The summed E-state index contributed by atoms with van der Waals surface area (Å²) in [6.07, 6.45) is 0. The van der Waals surface area contributed by atoms with Gasteiger partial charge in [-0.3, -0.25) is 9.52 Å². The third-order valence-corrected chi connectivity index (χ3v) is 4.77. The van der Waals surface area contributed by atoms with E-state index in [-0.39, 0.29) is 16.4 Å². The SMILES string of the molecule is CC(=O)c1ccccc1NS(=O)(=O)c1ccc(C)c(Cl)c1. The van der Waals surface area contributed by atoms with Crippen LogP contribution in [-0.4, -0.2) is 14.2 Å². The van der Waals surface area contributed by atoms with E-state index in [0.29, 0.717) is 10.6 Å². The highest BCUT2D eigenvalue weighted by Gasteiger charge is 2.17. The Morgan fingerprint density at radius 1 is 1.14 bits per heavy atom. The summed E-state index contributed by atoms with van der Waals surface area (Å²) in [5.74, 6) is -0.213. The van der Waals surface area contributed by atoms with E-state index in [9.17, 15) is 13.2 Å². The first-order valence-corrected chi connectivity index (χ1v) is 8.06. The van der Waals surface area contributed by atoms with Gasteiger partial charge >= 0.3 is 0 Å². The van der Waals surface area contributed by atoms with E-state index >= 15 is 0 Å². The highest BCUT2D eigenvalue weighted by atomic mass is 35.5. The van der Waals surface area contributed by atoms with E-state index in [1.54, 1.807) is 37.3 Å². The zero-order valence-corrected chi connectivity index (χ0v) is 13.1. The fourth-order valence-electron chi connectivity index (χ4n) is 1.82. The second kappa shape index (κ2) is 5.87. The number of carbonyl (C=O) groups excluding carboxylic acids is 1. The standard InChI is InChI=1S/C15H14ClNO3S/c1-10-7-8-12(9-14(10)16)21(19,20)17-15-6-4-3-5-13(15)11(2)18/h3-9,17H,1-2H3. The molecule has 0 aliphatic heterocycles. The van der Waals surface area contributed by atoms with Crippen molar-refractivity contribution >= 4 is 33.1 Å². The molecular weight excluding hydrogens is 310 g/mol. The maximum atomic E-state index is 12.4. The number of sulfonamides is 1. The summed E-state index contributed by atoms with van der Waals surface area (Å²) in [5.41, 5.74) is 1.36. The Hall–Kier alpha value is -1.85. The molecule has 0 bridgehead atoms. The summed E-state index contributed by atoms with van der Waals surface area (Å²) in [6, 6.07) is 10.9. The van der Waals surface area contributed by atoms with E-state index in [2.05, 4.69) is 4.72 Å². The van der Waals surface area contributed by atoms with Crippen LogP contribution in [0, 0.1) is 6.92 Å². The van der Waals surface area contributed by atoms with Crippen molar-refractivity contribution in [2.45, 2.75) is 18.7 Å². The molecule has 0 heterocycles. The molecule has 110 valence electrons. The van der Waals surface area contributed by atoms with Crippen LogP contribution >= 0.6 is 11.6 Å². The molecule has 0 aromatic heterocycles. The number of aryl methyl sites for hydroxylation is 1. The fourth-order valence-corrected chi connectivity index (χ4v) is 3.17. The lowest BCUT2D eigenvalue weighted by Crippen LogP contribution is -2.15. The van der Waals surface area contributed by atoms with Gasteiger partial charge in [0.1, 0.15) is 0 Å². The topological polar surface area (TPSA) is 63.2 Å². The Morgan fingerprint density at radius 2 is 1.81 bits per heavy atom. The first-order chi connectivity index (χ1) is 9.81. The van der Waals surface area contributed by atoms with E-state index in [1.165, 1.54) is 19.1 Å². The third kappa shape index (κ3) is 3.43. The number of nitrogens with one attached hydrogen (secondary N) is 1. The van der Waals surface area contributed by atoms with Gasteiger partial charge < -0.3 is 0 Å². The smallest absolute Gasteiger partial charge is 0.261 e. The number of anilines is 1. The minimum atomic E-state index is -3.80. The number of Topliss-reactive ketones (excluding diaryl/α,β-unsaturated/α-hetero) is 1. The van der Waals surface area contributed by atoms with Gasteiger partial charge in [0.25, 0.3) is 10.0 Å². The molecule has 21 heavy (non-hydrogen) atoms. The van der Waals surface area contributed by atoms with Crippen LogP contribution in [0.3, 0.4) is 0 Å². The summed E-state index contributed by atoms with van der Waals surface area (Å²) in [5, 5.41) is 0.373. The van der Waals surface area contributed by atoms with Crippen LogP contribution in [0.4, 0.5) is 5.69 Å². The lowest BCUT2D eigenvalue weighted by Gasteiger charge is -2.11. The first-order valence-electron chi connectivity index (χ1n) is 6.20. The second-order valence-corrected chi connectivity index (χ2v) is 6.71. The highest BCUT2D eigenvalue weighted by molar-refractivity contribution is 7.92. The molecule has 0 saturated carbocycles. The van der Waals surface area contributed by atoms with Crippen molar-refractivity contribution in [1.82, 2.24) is 0 Å². The lowest BCUT2D eigenvalue weighted by atomic mass is 10.1. The molecule has 0 saturated heterocycles. The summed E-state index contributed by atoms with van der Waals surface area (Å²) in [6.45, 7) is 3.17. The molecule has 2 rings (SSSR count). The molecule has 0 unspecified atom stereocenters. The number of ketones is 1. The number of carbonyl (C=O) groups is 1. The van der Waals surface area contributed by atoms with Gasteiger partial charge in [0.05, 0.1) is 10.6 Å². The van der Waals surface area contributed by atoms with E-state index < -0.39 is 10.0 Å². The van der Waals surface area contributed by atoms with E-state index in [0.717, 1.165) is 5.56 Å². The first kappa shape index (κ1) is 15.5. The largest absolute Gasteiger partial charge is 0.294 e. The number of halogens is 1. The molecule has 1 N–H and O–H groups in total. The monoisotopic (exact) mass is 323 g/mol. The normalized spacial score (nSPS) is 11.2. The molecule has 2 aromatic rings. The third-order valence-electron chi connectivity index (χ3n) is 3.00. The number of para-hydroxylation sites is 1. The molecule has 2 aromatic carbocycles. The van der Waals surface area contributed by atoms with Crippen molar-refractivity contribution in [3.05, 3.63) is 58.6 Å². The minimum Gasteiger partial charge on any atom is -0.294 e. The molecule has 0 amide bonds. The Morgan fingerprint density at radius 3 is 2.43 bits per heavy atom. The molecule has 4 nitrogen and oxygen atoms in total. The van der Waals surface area contributed by atoms with Crippen LogP contribution in [0.15, 0.2) is 47.4 Å². The minimum absolute atomic E-state index is 0.0523. The van der Waals surface area contributed by atoms with Crippen molar-refractivity contribution in [3.8, 4) is 0 Å². The molecule has 0 atom stereocenters. The predicted molar refractivity (Wildman–Crippen MR) is 83.4 cm³/mol. The van der Waals surface area contributed by atoms with Gasteiger partial charge in [-0.05, 0) is 43.7 Å². The lowest BCUT2D eigenvalue weighted by molar-refractivity contribution is 0.101. The zero-order valence-electron chi connectivity index (χ0n) is 11.6. The predicted octanol–water partition coefficient (Wildman–Crippen LogP) is 3.65. The molecule has 0 aliphatic rings.